The highest BCUT2D eigenvalue weighted by Crippen LogP contribution is 2.33. The van der Waals surface area contributed by atoms with Gasteiger partial charge in [-0.1, -0.05) is 46.8 Å². The van der Waals surface area contributed by atoms with Gasteiger partial charge in [0.15, 0.2) is 5.65 Å². The quantitative estimate of drug-likeness (QED) is 0.447. The van der Waals surface area contributed by atoms with Crippen LogP contribution in [0, 0.1) is 5.82 Å². The minimum Gasteiger partial charge on any atom is -0.481 e. The summed E-state index contributed by atoms with van der Waals surface area (Å²) in [6.45, 7) is 10.2. The van der Waals surface area contributed by atoms with Crippen LogP contribution in [0.3, 0.4) is 0 Å². The number of fused-ring (bicyclic) bond motifs is 1. The van der Waals surface area contributed by atoms with Crippen LogP contribution in [0.2, 0.25) is 0 Å². The standard InChI is InChI=1S/C26H32FN3O4/c1-15(2)24-20(11-10-18(31)12-19(32)13-23(33)34)25(16-6-8-17(27)9-7-16)30-22(28-24)14-21(29-30)26(3,4)5/h6-11,14-15,18-19,31-32H,12-13H2,1-5H3,(H,33,34). The van der Waals surface area contributed by atoms with Gasteiger partial charge in [-0.3, -0.25) is 4.79 Å². The third kappa shape index (κ3) is 5.87. The third-order valence-electron chi connectivity index (χ3n) is 5.51. The molecule has 0 aliphatic rings. The van der Waals surface area contributed by atoms with Gasteiger partial charge in [0.2, 0.25) is 0 Å². The van der Waals surface area contributed by atoms with Crippen LogP contribution in [0.5, 0.6) is 0 Å². The molecule has 2 heterocycles. The topological polar surface area (TPSA) is 108 Å². The number of rotatable bonds is 8. The van der Waals surface area contributed by atoms with E-state index in [4.69, 9.17) is 15.2 Å². The fraction of sp³-hybridized carbons (Fsp3) is 0.423. The molecular weight excluding hydrogens is 437 g/mol. The number of aliphatic carboxylic acids is 1. The highest BCUT2D eigenvalue weighted by Gasteiger charge is 2.23. The molecule has 7 nitrogen and oxygen atoms in total. The van der Waals surface area contributed by atoms with Gasteiger partial charge >= 0.3 is 5.97 Å². The molecule has 0 radical (unpaired) electrons. The van der Waals surface area contributed by atoms with Crippen molar-refractivity contribution in [1.82, 2.24) is 14.6 Å². The summed E-state index contributed by atoms with van der Waals surface area (Å²) in [6.07, 6.45) is 0.447. The first kappa shape index (κ1) is 25.5. The zero-order valence-corrected chi connectivity index (χ0v) is 20.2. The van der Waals surface area contributed by atoms with Gasteiger partial charge < -0.3 is 15.3 Å². The Morgan fingerprint density at radius 3 is 2.38 bits per heavy atom. The second-order valence-electron chi connectivity index (χ2n) is 9.88. The van der Waals surface area contributed by atoms with E-state index in [-0.39, 0.29) is 23.6 Å². The monoisotopic (exact) mass is 469 g/mol. The number of carbonyl (C=O) groups is 1. The second-order valence-corrected chi connectivity index (χ2v) is 9.88. The summed E-state index contributed by atoms with van der Waals surface area (Å²) >= 11 is 0. The Kier molecular flexibility index (Phi) is 7.53. The summed E-state index contributed by atoms with van der Waals surface area (Å²) in [4.78, 5) is 15.7. The molecular formula is C26H32FN3O4. The molecule has 2 aromatic heterocycles. The number of carboxylic acid groups (broad SMARTS) is 1. The number of hydrogen-bond donors (Lipinski definition) is 3. The van der Waals surface area contributed by atoms with E-state index in [9.17, 15) is 19.4 Å². The molecule has 0 aliphatic heterocycles. The van der Waals surface area contributed by atoms with Crippen LogP contribution in [-0.2, 0) is 10.2 Å². The Morgan fingerprint density at radius 1 is 1.18 bits per heavy atom. The molecule has 1 aromatic carbocycles. The number of halogens is 1. The van der Waals surface area contributed by atoms with E-state index in [2.05, 4.69) is 20.8 Å². The largest absolute Gasteiger partial charge is 0.481 e. The predicted molar refractivity (Wildman–Crippen MR) is 129 cm³/mol. The lowest BCUT2D eigenvalue weighted by molar-refractivity contribution is -0.139. The second kappa shape index (κ2) is 10.0. The number of carboxylic acids is 1. The van der Waals surface area contributed by atoms with E-state index < -0.39 is 24.6 Å². The van der Waals surface area contributed by atoms with E-state index in [1.807, 2.05) is 19.9 Å². The molecule has 8 heteroatoms. The first-order chi connectivity index (χ1) is 15.9. The molecule has 2 unspecified atom stereocenters. The van der Waals surface area contributed by atoms with E-state index >= 15 is 0 Å². The van der Waals surface area contributed by atoms with Gasteiger partial charge in [-0.15, -0.1) is 0 Å². The lowest BCUT2D eigenvalue weighted by Crippen LogP contribution is -2.19. The summed E-state index contributed by atoms with van der Waals surface area (Å²) in [5.41, 5.74) is 4.25. The van der Waals surface area contributed by atoms with Gasteiger partial charge in [0.25, 0.3) is 0 Å². The summed E-state index contributed by atoms with van der Waals surface area (Å²) < 4.78 is 15.4. The van der Waals surface area contributed by atoms with Gasteiger partial charge in [0.1, 0.15) is 5.82 Å². The van der Waals surface area contributed by atoms with Crippen LogP contribution in [0.4, 0.5) is 4.39 Å². The van der Waals surface area contributed by atoms with Gasteiger partial charge in [0, 0.05) is 29.0 Å². The molecule has 0 bridgehead atoms. The third-order valence-corrected chi connectivity index (χ3v) is 5.51. The molecule has 34 heavy (non-hydrogen) atoms. The Bertz CT molecular complexity index is 1190. The molecule has 3 aromatic rings. The molecule has 0 saturated carbocycles. The number of hydrogen-bond acceptors (Lipinski definition) is 5. The van der Waals surface area contributed by atoms with E-state index in [0.717, 1.165) is 17.0 Å². The number of aromatic nitrogens is 3. The number of aliphatic hydroxyl groups is 2. The summed E-state index contributed by atoms with van der Waals surface area (Å²) in [5, 5.41) is 33.9. The Hall–Kier alpha value is -3.10. The predicted octanol–water partition coefficient (Wildman–Crippen LogP) is 4.56. The first-order valence-electron chi connectivity index (χ1n) is 11.3. The molecule has 3 N–H and O–H groups in total. The number of benzene rings is 1. The summed E-state index contributed by atoms with van der Waals surface area (Å²) in [6, 6.07) is 8.07. The minimum atomic E-state index is -1.17. The van der Waals surface area contributed by atoms with Gasteiger partial charge in [0.05, 0.1) is 35.7 Å². The summed E-state index contributed by atoms with van der Waals surface area (Å²) in [5.74, 6) is -1.45. The van der Waals surface area contributed by atoms with Gasteiger partial charge in [-0.05, 0) is 30.2 Å². The number of nitrogens with zero attached hydrogens (tertiary/aromatic N) is 3. The van der Waals surface area contributed by atoms with Crippen LogP contribution >= 0.6 is 0 Å². The molecule has 0 spiro atoms. The normalized spacial score (nSPS) is 14.3. The maximum Gasteiger partial charge on any atom is 0.305 e. The molecule has 3 rings (SSSR count). The Labute approximate surface area is 198 Å². The van der Waals surface area contributed by atoms with Crippen molar-refractivity contribution in [2.45, 2.75) is 71.0 Å². The fourth-order valence-corrected chi connectivity index (χ4v) is 3.74. The molecule has 182 valence electrons. The maximum atomic E-state index is 13.7. The van der Waals surface area contributed by atoms with Crippen molar-refractivity contribution in [1.29, 1.82) is 0 Å². The van der Waals surface area contributed by atoms with Crippen molar-refractivity contribution in [3.8, 4) is 11.3 Å². The average Bonchev–Trinajstić information content (AvgIpc) is 3.15. The molecule has 0 amide bonds. The van der Waals surface area contributed by atoms with Crippen LogP contribution in [0.1, 0.15) is 70.3 Å². The molecule has 0 aliphatic carbocycles. The average molecular weight is 470 g/mol. The maximum absolute atomic E-state index is 13.7. The highest BCUT2D eigenvalue weighted by atomic mass is 19.1. The number of aliphatic hydroxyl groups excluding tert-OH is 2. The molecule has 0 saturated heterocycles. The van der Waals surface area contributed by atoms with Crippen molar-refractivity contribution in [3.05, 3.63) is 59.2 Å². The SMILES string of the molecule is CC(C)c1nc2cc(C(C)(C)C)nn2c(-c2ccc(F)cc2)c1C=CC(O)CC(O)CC(=O)O. The van der Waals surface area contributed by atoms with Crippen LogP contribution in [0.25, 0.3) is 23.0 Å². The minimum absolute atomic E-state index is 0.0339. The van der Waals surface area contributed by atoms with E-state index in [1.165, 1.54) is 18.2 Å². The van der Waals surface area contributed by atoms with E-state index in [0.29, 0.717) is 16.9 Å². The van der Waals surface area contributed by atoms with Gasteiger partial charge in [-0.2, -0.15) is 5.10 Å². The summed E-state index contributed by atoms with van der Waals surface area (Å²) in [7, 11) is 0. The van der Waals surface area contributed by atoms with Crippen molar-refractivity contribution < 1.29 is 24.5 Å². The van der Waals surface area contributed by atoms with Crippen molar-refractivity contribution >= 4 is 17.7 Å². The first-order valence-corrected chi connectivity index (χ1v) is 11.3. The Balaban J connectivity index is 2.19. The zero-order valence-electron chi connectivity index (χ0n) is 20.2. The van der Waals surface area contributed by atoms with Crippen molar-refractivity contribution in [3.63, 3.8) is 0 Å². The van der Waals surface area contributed by atoms with Gasteiger partial charge in [-0.25, -0.2) is 13.9 Å². The van der Waals surface area contributed by atoms with Crippen molar-refractivity contribution in [2.75, 3.05) is 0 Å². The fourth-order valence-electron chi connectivity index (χ4n) is 3.74. The zero-order chi connectivity index (χ0) is 25.2. The lowest BCUT2D eigenvalue weighted by atomic mass is 9.92. The highest BCUT2D eigenvalue weighted by molar-refractivity contribution is 5.76. The van der Waals surface area contributed by atoms with Crippen LogP contribution in [0.15, 0.2) is 36.4 Å². The smallest absolute Gasteiger partial charge is 0.305 e. The lowest BCUT2D eigenvalue weighted by Gasteiger charge is -2.17. The van der Waals surface area contributed by atoms with Crippen LogP contribution in [-0.4, -0.2) is 48.1 Å². The molecule has 0 fully saturated rings. The molecule has 2 atom stereocenters. The van der Waals surface area contributed by atoms with E-state index in [1.54, 1.807) is 22.7 Å². The Morgan fingerprint density at radius 2 is 1.82 bits per heavy atom. The van der Waals surface area contributed by atoms with Crippen molar-refractivity contribution in [2.24, 2.45) is 0 Å². The van der Waals surface area contributed by atoms with Crippen LogP contribution < -0.4 is 0 Å².